The summed E-state index contributed by atoms with van der Waals surface area (Å²) in [5.74, 6) is -0.130. The summed E-state index contributed by atoms with van der Waals surface area (Å²) < 4.78 is 0. The highest BCUT2D eigenvalue weighted by atomic mass is 16.2. The Morgan fingerprint density at radius 2 is 1.89 bits per heavy atom. The molecule has 2 amide bonds. The molecule has 2 aliphatic rings. The van der Waals surface area contributed by atoms with Crippen molar-refractivity contribution in [2.24, 2.45) is 0 Å². The van der Waals surface area contributed by atoms with E-state index < -0.39 is 11.6 Å². The van der Waals surface area contributed by atoms with Gasteiger partial charge < -0.3 is 16.4 Å². The van der Waals surface area contributed by atoms with Crippen LogP contribution >= 0.6 is 0 Å². The number of carbonyl (C=O) groups excluding carboxylic acids is 2. The first-order valence-corrected chi connectivity index (χ1v) is 6.56. The molecular weight excluding hydrogens is 242 g/mol. The molecule has 5 heteroatoms. The quantitative estimate of drug-likeness (QED) is 0.670. The Balaban J connectivity index is 1.70. The predicted molar refractivity (Wildman–Crippen MR) is 71.2 cm³/mol. The summed E-state index contributed by atoms with van der Waals surface area (Å²) in [5, 5.41) is 5.72. The molecule has 1 heterocycles. The molecule has 4 N–H and O–H groups in total. The Hall–Kier alpha value is -2.04. The first kappa shape index (κ1) is 12.0. The molecule has 1 atom stereocenters. The van der Waals surface area contributed by atoms with Gasteiger partial charge in [0.25, 0.3) is 0 Å². The van der Waals surface area contributed by atoms with Gasteiger partial charge in [-0.05, 0) is 37.0 Å². The minimum Gasteiger partial charge on any atom is -0.399 e. The standard InChI is InChI=1S/C14H17N3O2/c15-10-4-2-9(3-5-10)8-11-12(18)17-14(6-1-7-14)13(19)16-11/h2-5,11H,1,6-8,15H2,(H,16,19)(H,17,18). The van der Waals surface area contributed by atoms with Crippen molar-refractivity contribution in [3.05, 3.63) is 29.8 Å². The summed E-state index contributed by atoms with van der Waals surface area (Å²) in [6, 6.07) is 6.86. The van der Waals surface area contributed by atoms with Crippen LogP contribution in [0.15, 0.2) is 24.3 Å². The number of amides is 2. The Morgan fingerprint density at radius 3 is 2.47 bits per heavy atom. The zero-order valence-corrected chi connectivity index (χ0v) is 10.6. The fourth-order valence-electron chi connectivity index (χ4n) is 2.66. The number of nitrogens with one attached hydrogen (secondary N) is 2. The van der Waals surface area contributed by atoms with Crippen LogP contribution in [0, 0.1) is 0 Å². The van der Waals surface area contributed by atoms with Crippen LogP contribution in [-0.2, 0) is 16.0 Å². The van der Waals surface area contributed by atoms with Crippen LogP contribution in [0.4, 0.5) is 5.69 Å². The van der Waals surface area contributed by atoms with E-state index in [1.807, 2.05) is 12.1 Å². The molecule has 19 heavy (non-hydrogen) atoms. The molecule has 0 aromatic heterocycles. The SMILES string of the molecule is Nc1ccc(CC2NC(=O)C3(CCC3)NC2=O)cc1. The van der Waals surface area contributed by atoms with Gasteiger partial charge in [0.05, 0.1) is 0 Å². The normalized spacial score (nSPS) is 24.5. The Bertz CT molecular complexity index is 520. The van der Waals surface area contributed by atoms with Crippen molar-refractivity contribution in [2.75, 3.05) is 5.73 Å². The third-order valence-electron chi connectivity index (χ3n) is 4.05. The largest absolute Gasteiger partial charge is 0.399 e. The zero-order chi connectivity index (χ0) is 13.5. The van der Waals surface area contributed by atoms with E-state index in [1.54, 1.807) is 12.1 Å². The Kier molecular flexibility index (Phi) is 2.69. The fraction of sp³-hybridized carbons (Fsp3) is 0.429. The smallest absolute Gasteiger partial charge is 0.246 e. The minimum absolute atomic E-state index is 0.0428. The molecule has 1 spiro atoms. The molecule has 1 unspecified atom stereocenters. The lowest BCUT2D eigenvalue weighted by atomic mass is 9.74. The fourth-order valence-corrected chi connectivity index (χ4v) is 2.66. The van der Waals surface area contributed by atoms with E-state index in [0.29, 0.717) is 12.1 Å². The number of anilines is 1. The minimum atomic E-state index is -0.616. The molecule has 1 saturated carbocycles. The van der Waals surface area contributed by atoms with E-state index in [2.05, 4.69) is 10.6 Å². The molecule has 0 radical (unpaired) electrons. The topological polar surface area (TPSA) is 84.2 Å². The van der Waals surface area contributed by atoms with Gasteiger partial charge in [-0.15, -0.1) is 0 Å². The van der Waals surface area contributed by atoms with Crippen LogP contribution < -0.4 is 16.4 Å². The monoisotopic (exact) mass is 259 g/mol. The van der Waals surface area contributed by atoms with Crippen molar-refractivity contribution in [1.29, 1.82) is 0 Å². The van der Waals surface area contributed by atoms with Gasteiger partial charge >= 0.3 is 0 Å². The Morgan fingerprint density at radius 1 is 1.21 bits per heavy atom. The summed E-state index contributed by atoms with van der Waals surface area (Å²) in [6.45, 7) is 0. The van der Waals surface area contributed by atoms with Gasteiger partial charge in [0.15, 0.2) is 0 Å². The van der Waals surface area contributed by atoms with Gasteiger partial charge in [-0.25, -0.2) is 0 Å². The zero-order valence-electron chi connectivity index (χ0n) is 10.6. The molecule has 3 rings (SSSR count). The lowest BCUT2D eigenvalue weighted by Gasteiger charge is -2.45. The second-order valence-electron chi connectivity index (χ2n) is 5.40. The van der Waals surface area contributed by atoms with Gasteiger partial charge in [-0.2, -0.15) is 0 Å². The molecule has 1 saturated heterocycles. The number of carbonyl (C=O) groups is 2. The highest BCUT2D eigenvalue weighted by Gasteiger charge is 2.50. The second-order valence-corrected chi connectivity index (χ2v) is 5.40. The summed E-state index contributed by atoms with van der Waals surface area (Å²) in [4.78, 5) is 24.1. The number of hydrogen-bond donors (Lipinski definition) is 3. The van der Waals surface area contributed by atoms with E-state index in [1.165, 1.54) is 0 Å². The van der Waals surface area contributed by atoms with Crippen LogP contribution in [0.5, 0.6) is 0 Å². The maximum Gasteiger partial charge on any atom is 0.246 e. The van der Waals surface area contributed by atoms with Gasteiger partial charge in [-0.1, -0.05) is 12.1 Å². The average Bonchev–Trinajstić information content (AvgIpc) is 2.34. The molecule has 1 aliphatic heterocycles. The van der Waals surface area contributed by atoms with Gasteiger partial charge in [0.2, 0.25) is 11.8 Å². The lowest BCUT2D eigenvalue weighted by Crippen LogP contribution is -2.72. The lowest BCUT2D eigenvalue weighted by molar-refractivity contribution is -0.145. The molecule has 0 bridgehead atoms. The predicted octanol–water partition coefficient (Wildman–Crippen LogP) is 0.349. The molecule has 1 aromatic carbocycles. The number of nitrogen functional groups attached to an aromatic ring is 1. The van der Waals surface area contributed by atoms with Crippen LogP contribution in [0.1, 0.15) is 24.8 Å². The maximum atomic E-state index is 12.1. The van der Waals surface area contributed by atoms with E-state index in [-0.39, 0.29) is 11.8 Å². The Labute approximate surface area is 111 Å². The molecule has 2 fully saturated rings. The molecule has 1 aromatic rings. The van der Waals surface area contributed by atoms with Crippen LogP contribution in [0.25, 0.3) is 0 Å². The summed E-state index contributed by atoms with van der Waals surface area (Å²) in [5.41, 5.74) is 6.68. The van der Waals surface area contributed by atoms with Gasteiger partial charge in [-0.3, -0.25) is 9.59 Å². The highest BCUT2D eigenvalue weighted by Crippen LogP contribution is 2.34. The molecular formula is C14H17N3O2. The van der Waals surface area contributed by atoms with Crippen molar-refractivity contribution in [3.63, 3.8) is 0 Å². The summed E-state index contributed by atoms with van der Waals surface area (Å²) in [6.07, 6.45) is 2.99. The first-order valence-electron chi connectivity index (χ1n) is 6.56. The maximum absolute atomic E-state index is 12.1. The second kappa shape index (κ2) is 4.26. The van der Waals surface area contributed by atoms with E-state index in [0.717, 1.165) is 24.8 Å². The third-order valence-corrected chi connectivity index (χ3v) is 4.05. The van der Waals surface area contributed by atoms with Crippen molar-refractivity contribution in [2.45, 2.75) is 37.3 Å². The van der Waals surface area contributed by atoms with Gasteiger partial charge in [0, 0.05) is 12.1 Å². The van der Waals surface area contributed by atoms with Gasteiger partial charge in [0.1, 0.15) is 11.6 Å². The molecule has 1 aliphatic carbocycles. The van der Waals surface area contributed by atoms with Crippen molar-refractivity contribution >= 4 is 17.5 Å². The van der Waals surface area contributed by atoms with E-state index >= 15 is 0 Å². The first-order chi connectivity index (χ1) is 9.09. The van der Waals surface area contributed by atoms with Crippen molar-refractivity contribution in [3.8, 4) is 0 Å². The molecule has 100 valence electrons. The number of nitrogens with two attached hydrogens (primary N) is 1. The number of piperazine rings is 1. The summed E-state index contributed by atoms with van der Waals surface area (Å²) >= 11 is 0. The number of benzene rings is 1. The highest BCUT2D eigenvalue weighted by molar-refractivity contribution is 6.00. The van der Waals surface area contributed by atoms with Crippen molar-refractivity contribution in [1.82, 2.24) is 10.6 Å². The number of hydrogen-bond acceptors (Lipinski definition) is 3. The summed E-state index contributed by atoms with van der Waals surface area (Å²) in [7, 11) is 0. The van der Waals surface area contributed by atoms with Crippen LogP contribution in [0.2, 0.25) is 0 Å². The van der Waals surface area contributed by atoms with Crippen LogP contribution in [0.3, 0.4) is 0 Å². The average molecular weight is 259 g/mol. The number of rotatable bonds is 2. The van der Waals surface area contributed by atoms with E-state index in [4.69, 9.17) is 5.73 Å². The van der Waals surface area contributed by atoms with E-state index in [9.17, 15) is 9.59 Å². The molecule has 5 nitrogen and oxygen atoms in total. The third kappa shape index (κ3) is 2.05. The van der Waals surface area contributed by atoms with Crippen LogP contribution in [-0.4, -0.2) is 23.4 Å². The van der Waals surface area contributed by atoms with Crippen molar-refractivity contribution < 1.29 is 9.59 Å².